The van der Waals surface area contributed by atoms with E-state index in [1.807, 2.05) is 20.8 Å². The van der Waals surface area contributed by atoms with Gasteiger partial charge < -0.3 is 15.0 Å². The molecule has 0 bridgehead atoms. The SMILES string of the molecule is CC(C)(C)OC(=O)N1CCC(NC(=O)c2ccc(F)c(Cl)c2)CC1. The molecule has 0 saturated carbocycles. The minimum atomic E-state index is -0.557. The number of likely N-dealkylation sites (tertiary alicyclic amines) is 1. The first-order chi connectivity index (χ1) is 11.2. The molecule has 0 spiro atoms. The van der Waals surface area contributed by atoms with Crippen molar-refractivity contribution in [2.24, 2.45) is 0 Å². The second-order valence-corrected chi connectivity index (χ2v) is 7.25. The number of carbonyl (C=O) groups is 2. The van der Waals surface area contributed by atoms with Crippen molar-refractivity contribution in [2.75, 3.05) is 13.1 Å². The second-order valence-electron chi connectivity index (χ2n) is 6.84. The molecule has 24 heavy (non-hydrogen) atoms. The lowest BCUT2D eigenvalue weighted by molar-refractivity contribution is 0.0199. The Hall–Kier alpha value is -1.82. The molecule has 2 rings (SSSR count). The van der Waals surface area contributed by atoms with Crippen LogP contribution in [0.3, 0.4) is 0 Å². The Kier molecular flexibility index (Phi) is 5.70. The Morgan fingerprint density at radius 3 is 2.46 bits per heavy atom. The van der Waals surface area contributed by atoms with Gasteiger partial charge in [0.25, 0.3) is 5.91 Å². The molecule has 1 N–H and O–H groups in total. The predicted molar refractivity (Wildman–Crippen MR) is 89.7 cm³/mol. The summed E-state index contributed by atoms with van der Waals surface area (Å²) in [5, 5.41) is 2.81. The van der Waals surface area contributed by atoms with E-state index in [1.165, 1.54) is 18.2 Å². The molecule has 5 nitrogen and oxygen atoms in total. The molecule has 1 aliphatic heterocycles. The second kappa shape index (κ2) is 7.38. The van der Waals surface area contributed by atoms with Gasteiger partial charge in [0.2, 0.25) is 0 Å². The molecular formula is C17H22ClFN2O3. The van der Waals surface area contributed by atoms with Gasteiger partial charge in [0.15, 0.2) is 0 Å². The molecule has 1 heterocycles. The van der Waals surface area contributed by atoms with Gasteiger partial charge in [0, 0.05) is 24.7 Å². The fraction of sp³-hybridized carbons (Fsp3) is 0.529. The van der Waals surface area contributed by atoms with Gasteiger partial charge in [-0.3, -0.25) is 4.79 Å². The van der Waals surface area contributed by atoms with E-state index in [0.717, 1.165) is 0 Å². The maximum atomic E-state index is 13.1. The van der Waals surface area contributed by atoms with Crippen molar-refractivity contribution in [3.8, 4) is 0 Å². The molecular weight excluding hydrogens is 335 g/mol. The van der Waals surface area contributed by atoms with Crippen LogP contribution in [0.2, 0.25) is 5.02 Å². The molecule has 7 heteroatoms. The Morgan fingerprint density at radius 2 is 1.92 bits per heavy atom. The maximum absolute atomic E-state index is 13.1. The first-order valence-corrected chi connectivity index (χ1v) is 8.27. The van der Waals surface area contributed by atoms with Gasteiger partial charge in [0.05, 0.1) is 5.02 Å². The average Bonchev–Trinajstić information content (AvgIpc) is 2.49. The fourth-order valence-corrected chi connectivity index (χ4v) is 2.62. The van der Waals surface area contributed by atoms with Gasteiger partial charge in [-0.2, -0.15) is 0 Å². The Bertz CT molecular complexity index is 623. The van der Waals surface area contributed by atoms with Crippen LogP contribution in [0.15, 0.2) is 18.2 Å². The molecule has 0 radical (unpaired) electrons. The number of amides is 2. The summed E-state index contributed by atoms with van der Waals surface area (Å²) in [4.78, 5) is 25.8. The fourth-order valence-electron chi connectivity index (χ4n) is 2.44. The summed E-state index contributed by atoms with van der Waals surface area (Å²) in [6, 6.07) is 3.83. The van der Waals surface area contributed by atoms with Crippen molar-refractivity contribution in [3.05, 3.63) is 34.6 Å². The van der Waals surface area contributed by atoms with Crippen LogP contribution in [0.4, 0.5) is 9.18 Å². The monoisotopic (exact) mass is 356 g/mol. The zero-order valence-electron chi connectivity index (χ0n) is 14.1. The van der Waals surface area contributed by atoms with Crippen LogP contribution in [0.25, 0.3) is 0 Å². The van der Waals surface area contributed by atoms with E-state index in [1.54, 1.807) is 4.90 Å². The third-order valence-corrected chi connectivity index (χ3v) is 3.95. The van der Waals surface area contributed by atoms with Gasteiger partial charge in [-0.05, 0) is 51.8 Å². The third kappa shape index (κ3) is 5.09. The first-order valence-electron chi connectivity index (χ1n) is 7.89. The van der Waals surface area contributed by atoms with Crippen LogP contribution < -0.4 is 5.32 Å². The zero-order valence-corrected chi connectivity index (χ0v) is 14.8. The molecule has 0 atom stereocenters. The number of carbonyl (C=O) groups excluding carboxylic acids is 2. The van der Waals surface area contributed by atoms with Gasteiger partial charge in [-0.25, -0.2) is 9.18 Å². The highest BCUT2D eigenvalue weighted by Gasteiger charge is 2.27. The first kappa shape index (κ1) is 18.5. The summed E-state index contributed by atoms with van der Waals surface area (Å²) in [7, 11) is 0. The molecule has 1 fully saturated rings. The molecule has 1 aromatic carbocycles. The van der Waals surface area contributed by atoms with Crippen LogP contribution in [0.1, 0.15) is 44.0 Å². The summed E-state index contributed by atoms with van der Waals surface area (Å²) >= 11 is 5.69. The normalized spacial score (nSPS) is 16.0. The lowest BCUT2D eigenvalue weighted by Crippen LogP contribution is -2.47. The number of piperidine rings is 1. The number of hydrogen-bond acceptors (Lipinski definition) is 3. The van der Waals surface area contributed by atoms with Crippen LogP contribution in [0, 0.1) is 5.82 Å². The topological polar surface area (TPSA) is 58.6 Å². The van der Waals surface area contributed by atoms with E-state index in [-0.39, 0.29) is 23.1 Å². The molecule has 1 aliphatic rings. The number of rotatable bonds is 2. The number of ether oxygens (including phenoxy) is 1. The zero-order chi connectivity index (χ0) is 17.9. The lowest BCUT2D eigenvalue weighted by Gasteiger charge is -2.33. The Balaban J connectivity index is 1.85. The summed E-state index contributed by atoms with van der Waals surface area (Å²) in [6.07, 6.45) is 0.942. The number of hydrogen-bond donors (Lipinski definition) is 1. The van der Waals surface area contributed by atoms with E-state index in [0.29, 0.717) is 31.5 Å². The van der Waals surface area contributed by atoms with E-state index < -0.39 is 11.4 Å². The highest BCUT2D eigenvalue weighted by Crippen LogP contribution is 2.18. The largest absolute Gasteiger partial charge is 0.444 e. The van der Waals surface area contributed by atoms with E-state index >= 15 is 0 Å². The van der Waals surface area contributed by atoms with Crippen molar-refractivity contribution >= 4 is 23.6 Å². The quantitative estimate of drug-likeness (QED) is 0.880. The van der Waals surface area contributed by atoms with Crippen LogP contribution in [0.5, 0.6) is 0 Å². The van der Waals surface area contributed by atoms with E-state index in [9.17, 15) is 14.0 Å². The number of nitrogens with one attached hydrogen (secondary N) is 1. The smallest absolute Gasteiger partial charge is 0.410 e. The molecule has 0 unspecified atom stereocenters. The van der Waals surface area contributed by atoms with E-state index in [2.05, 4.69) is 5.32 Å². The predicted octanol–water partition coefficient (Wildman–Crippen LogP) is 3.61. The summed E-state index contributed by atoms with van der Waals surface area (Å²) in [5.41, 5.74) is -0.208. The van der Waals surface area contributed by atoms with E-state index in [4.69, 9.17) is 16.3 Å². The minimum Gasteiger partial charge on any atom is -0.444 e. The highest BCUT2D eigenvalue weighted by atomic mass is 35.5. The molecule has 1 aromatic rings. The summed E-state index contributed by atoms with van der Waals surface area (Å²) < 4.78 is 18.5. The van der Waals surface area contributed by atoms with Gasteiger partial charge in [-0.1, -0.05) is 11.6 Å². The lowest BCUT2D eigenvalue weighted by atomic mass is 10.0. The Morgan fingerprint density at radius 1 is 1.29 bits per heavy atom. The van der Waals surface area contributed by atoms with Crippen molar-refractivity contribution in [2.45, 2.75) is 45.3 Å². The van der Waals surface area contributed by atoms with Crippen molar-refractivity contribution < 1.29 is 18.7 Å². The molecule has 0 aromatic heterocycles. The Labute approximate surface area is 146 Å². The molecule has 1 saturated heterocycles. The van der Waals surface area contributed by atoms with Crippen LogP contribution >= 0.6 is 11.6 Å². The third-order valence-electron chi connectivity index (χ3n) is 3.66. The number of halogens is 2. The number of nitrogens with zero attached hydrogens (tertiary/aromatic N) is 1. The summed E-state index contributed by atoms with van der Waals surface area (Å²) in [5.74, 6) is -0.855. The van der Waals surface area contributed by atoms with Gasteiger partial charge in [0.1, 0.15) is 11.4 Å². The molecule has 0 aliphatic carbocycles. The summed E-state index contributed by atoms with van der Waals surface area (Å²) in [6.45, 7) is 6.51. The molecule has 2 amide bonds. The number of benzene rings is 1. The van der Waals surface area contributed by atoms with Gasteiger partial charge in [-0.15, -0.1) is 0 Å². The standard InChI is InChI=1S/C17H22ClFN2O3/c1-17(2,3)24-16(23)21-8-6-12(7-9-21)20-15(22)11-4-5-14(19)13(18)10-11/h4-5,10,12H,6-9H2,1-3H3,(H,20,22). The minimum absolute atomic E-state index is 0.0417. The van der Waals surface area contributed by atoms with Crippen molar-refractivity contribution in [1.82, 2.24) is 10.2 Å². The molecule has 132 valence electrons. The van der Waals surface area contributed by atoms with Crippen molar-refractivity contribution in [1.29, 1.82) is 0 Å². The highest BCUT2D eigenvalue weighted by molar-refractivity contribution is 6.31. The van der Waals surface area contributed by atoms with Crippen LogP contribution in [-0.2, 0) is 4.74 Å². The average molecular weight is 357 g/mol. The van der Waals surface area contributed by atoms with Gasteiger partial charge >= 0.3 is 6.09 Å². The van der Waals surface area contributed by atoms with Crippen LogP contribution in [-0.4, -0.2) is 41.6 Å². The van der Waals surface area contributed by atoms with Crippen molar-refractivity contribution in [3.63, 3.8) is 0 Å². The maximum Gasteiger partial charge on any atom is 0.410 e.